The molecule has 0 spiro atoms. The molecule has 0 saturated carbocycles. The second-order valence-electron chi connectivity index (χ2n) is 5.50. The normalized spacial score (nSPS) is 19.2. The van der Waals surface area contributed by atoms with Crippen molar-refractivity contribution in [3.8, 4) is 11.8 Å². The Morgan fingerprint density at radius 1 is 1.31 bits per heavy atom. The van der Waals surface area contributed by atoms with Crippen molar-refractivity contribution >= 4 is 29.6 Å². The minimum Gasteiger partial charge on any atom is -0.448 e. The number of esters is 2. The van der Waals surface area contributed by atoms with E-state index in [2.05, 4.69) is 0 Å². The van der Waals surface area contributed by atoms with Crippen LogP contribution in [0.1, 0.15) is 25.8 Å². The Balaban J connectivity index is 1.81. The predicted octanol–water partition coefficient (Wildman–Crippen LogP) is 1.86. The largest absolute Gasteiger partial charge is 0.448 e. The summed E-state index contributed by atoms with van der Waals surface area (Å²) in [7, 11) is 0. The molecule has 9 heteroatoms. The summed E-state index contributed by atoms with van der Waals surface area (Å²) < 4.78 is 15.6. The first kappa shape index (κ1) is 17.8. The van der Waals surface area contributed by atoms with Gasteiger partial charge in [0.15, 0.2) is 10.8 Å². The van der Waals surface area contributed by atoms with Gasteiger partial charge in [-0.2, -0.15) is 5.26 Å². The number of ether oxygens (including phenoxy) is 3. The Labute approximate surface area is 153 Å². The number of nitriles is 1. The molecule has 0 N–H and O–H groups in total. The van der Waals surface area contributed by atoms with Gasteiger partial charge in [-0.15, -0.1) is 0 Å². The van der Waals surface area contributed by atoms with E-state index in [0.29, 0.717) is 17.7 Å². The maximum atomic E-state index is 12.5. The standard InChI is InChI=1S/C17H14N2O6S/c1-9(20)23-10(2)24-16(22)15-17(26-14-7-13(21)19(14)15)25-12-5-3-11(8-18)4-6-12/h3-6,10,14H,7H2,1-2H3/t10-,14-/m1/s1. The van der Waals surface area contributed by atoms with E-state index in [9.17, 15) is 14.4 Å². The van der Waals surface area contributed by atoms with Crippen LogP contribution in [-0.2, 0) is 23.9 Å². The van der Waals surface area contributed by atoms with Gasteiger partial charge in [-0.25, -0.2) is 4.79 Å². The highest BCUT2D eigenvalue weighted by atomic mass is 32.2. The van der Waals surface area contributed by atoms with Gasteiger partial charge in [0.1, 0.15) is 5.75 Å². The lowest BCUT2D eigenvalue weighted by Crippen LogP contribution is -2.49. The van der Waals surface area contributed by atoms with Gasteiger partial charge in [0.25, 0.3) is 0 Å². The number of amides is 1. The van der Waals surface area contributed by atoms with Gasteiger partial charge in [0.05, 0.1) is 23.4 Å². The topological polar surface area (TPSA) is 106 Å². The summed E-state index contributed by atoms with van der Waals surface area (Å²) in [5, 5.41) is 8.84. The summed E-state index contributed by atoms with van der Waals surface area (Å²) in [5.41, 5.74) is 0.457. The first-order chi connectivity index (χ1) is 12.4. The van der Waals surface area contributed by atoms with Crippen molar-refractivity contribution in [2.24, 2.45) is 0 Å². The summed E-state index contributed by atoms with van der Waals surface area (Å²) >= 11 is 1.24. The van der Waals surface area contributed by atoms with Crippen LogP contribution in [-0.4, -0.2) is 34.4 Å². The van der Waals surface area contributed by atoms with E-state index >= 15 is 0 Å². The second kappa shape index (κ2) is 7.09. The first-order valence-electron chi connectivity index (χ1n) is 7.68. The zero-order valence-electron chi connectivity index (χ0n) is 13.9. The van der Waals surface area contributed by atoms with E-state index in [1.54, 1.807) is 24.3 Å². The molecule has 0 aromatic heterocycles. The number of β-lactam (4-membered cyclic amide) rings is 1. The molecule has 1 saturated heterocycles. The van der Waals surface area contributed by atoms with Crippen LogP contribution in [0.15, 0.2) is 35.1 Å². The summed E-state index contributed by atoms with van der Waals surface area (Å²) in [6, 6.07) is 8.34. The molecule has 26 heavy (non-hydrogen) atoms. The quantitative estimate of drug-likeness (QED) is 0.437. The van der Waals surface area contributed by atoms with E-state index in [1.807, 2.05) is 6.07 Å². The highest BCUT2D eigenvalue weighted by Crippen LogP contribution is 2.47. The number of carbonyl (C=O) groups is 3. The van der Waals surface area contributed by atoms with Crippen LogP contribution in [0.25, 0.3) is 0 Å². The zero-order chi connectivity index (χ0) is 18.8. The van der Waals surface area contributed by atoms with Crippen LogP contribution >= 0.6 is 11.8 Å². The Morgan fingerprint density at radius 3 is 2.58 bits per heavy atom. The molecular weight excluding hydrogens is 360 g/mol. The lowest BCUT2D eigenvalue weighted by atomic mass is 10.2. The Hall–Kier alpha value is -2.99. The Bertz CT molecular complexity index is 842. The molecule has 2 atom stereocenters. The van der Waals surface area contributed by atoms with Crippen molar-refractivity contribution in [2.45, 2.75) is 31.9 Å². The maximum absolute atomic E-state index is 12.5. The molecule has 1 aromatic rings. The van der Waals surface area contributed by atoms with Crippen molar-refractivity contribution in [1.29, 1.82) is 5.26 Å². The maximum Gasteiger partial charge on any atom is 0.362 e. The molecule has 0 bridgehead atoms. The molecule has 1 fully saturated rings. The highest BCUT2D eigenvalue weighted by molar-refractivity contribution is 8.03. The van der Waals surface area contributed by atoms with Crippen LogP contribution < -0.4 is 4.74 Å². The number of carbonyl (C=O) groups excluding carboxylic acids is 3. The average Bonchev–Trinajstić information content (AvgIpc) is 2.87. The van der Waals surface area contributed by atoms with Gasteiger partial charge in [0, 0.05) is 13.8 Å². The van der Waals surface area contributed by atoms with E-state index < -0.39 is 18.2 Å². The number of thioether (sulfide) groups is 1. The molecule has 134 valence electrons. The summed E-state index contributed by atoms with van der Waals surface area (Å²) in [5.74, 6) is -1.20. The molecule has 0 aliphatic carbocycles. The van der Waals surface area contributed by atoms with E-state index in [-0.39, 0.29) is 22.1 Å². The third kappa shape index (κ3) is 3.50. The Kier molecular flexibility index (Phi) is 4.86. The average molecular weight is 374 g/mol. The molecule has 0 radical (unpaired) electrons. The number of hydrogen-bond donors (Lipinski definition) is 0. The van der Waals surface area contributed by atoms with Crippen molar-refractivity contribution in [1.82, 2.24) is 4.90 Å². The van der Waals surface area contributed by atoms with Crippen molar-refractivity contribution in [3.05, 3.63) is 40.6 Å². The lowest BCUT2D eigenvalue weighted by Gasteiger charge is -2.33. The third-order valence-corrected chi connectivity index (χ3v) is 4.72. The summed E-state index contributed by atoms with van der Waals surface area (Å²) in [6.45, 7) is 2.60. The molecule has 2 aliphatic rings. The van der Waals surface area contributed by atoms with Gasteiger partial charge >= 0.3 is 11.9 Å². The number of fused-ring (bicyclic) bond motifs is 1. The van der Waals surface area contributed by atoms with Crippen molar-refractivity contribution in [3.63, 3.8) is 0 Å². The Morgan fingerprint density at radius 2 is 2.00 bits per heavy atom. The molecular formula is C17H14N2O6S. The first-order valence-corrected chi connectivity index (χ1v) is 8.56. The van der Waals surface area contributed by atoms with E-state index in [1.165, 1.54) is 30.5 Å². The van der Waals surface area contributed by atoms with Gasteiger partial charge < -0.3 is 14.2 Å². The number of benzene rings is 1. The van der Waals surface area contributed by atoms with Gasteiger partial charge in [0.2, 0.25) is 12.2 Å². The number of rotatable bonds is 5. The lowest BCUT2D eigenvalue weighted by molar-refractivity contribution is -0.182. The minimum absolute atomic E-state index is 0.0142. The molecule has 0 unspecified atom stereocenters. The fourth-order valence-corrected chi connectivity index (χ4v) is 3.69. The van der Waals surface area contributed by atoms with E-state index in [0.717, 1.165) is 0 Å². The van der Waals surface area contributed by atoms with Gasteiger partial charge in [-0.1, -0.05) is 11.8 Å². The van der Waals surface area contributed by atoms with Crippen LogP contribution in [0.3, 0.4) is 0 Å². The molecule has 2 aliphatic heterocycles. The third-order valence-electron chi connectivity index (χ3n) is 3.58. The molecule has 1 amide bonds. The van der Waals surface area contributed by atoms with Crippen LogP contribution in [0.4, 0.5) is 0 Å². The van der Waals surface area contributed by atoms with E-state index in [4.69, 9.17) is 19.5 Å². The van der Waals surface area contributed by atoms with Gasteiger partial charge in [-0.05, 0) is 24.3 Å². The number of hydrogen-bond acceptors (Lipinski definition) is 8. The summed E-state index contributed by atoms with van der Waals surface area (Å²) in [4.78, 5) is 36.6. The zero-order valence-corrected chi connectivity index (χ0v) is 14.7. The monoisotopic (exact) mass is 374 g/mol. The van der Waals surface area contributed by atoms with Crippen molar-refractivity contribution in [2.75, 3.05) is 0 Å². The fourth-order valence-electron chi connectivity index (χ4n) is 2.45. The molecule has 3 rings (SSSR count). The van der Waals surface area contributed by atoms with Crippen LogP contribution in [0.5, 0.6) is 5.75 Å². The second-order valence-corrected chi connectivity index (χ2v) is 6.65. The van der Waals surface area contributed by atoms with Crippen LogP contribution in [0, 0.1) is 11.3 Å². The smallest absolute Gasteiger partial charge is 0.362 e. The van der Waals surface area contributed by atoms with Crippen molar-refractivity contribution < 1.29 is 28.6 Å². The molecule has 1 aromatic carbocycles. The molecule has 8 nitrogen and oxygen atoms in total. The van der Waals surface area contributed by atoms with Gasteiger partial charge in [-0.3, -0.25) is 14.5 Å². The SMILES string of the molecule is CC(=O)O[C@@H](C)OC(=O)C1=C(Oc2ccc(C#N)cc2)S[C@@H]2CC(=O)N12. The summed E-state index contributed by atoms with van der Waals surface area (Å²) in [6.07, 6.45) is -0.801. The number of nitrogens with zero attached hydrogens (tertiary/aromatic N) is 2. The fraction of sp³-hybridized carbons (Fsp3) is 0.294. The predicted molar refractivity (Wildman–Crippen MR) is 89.0 cm³/mol. The highest BCUT2D eigenvalue weighted by Gasteiger charge is 2.50. The molecule has 2 heterocycles. The van der Waals surface area contributed by atoms with Crippen LogP contribution in [0.2, 0.25) is 0 Å². The minimum atomic E-state index is -1.09.